The third-order valence-electron chi connectivity index (χ3n) is 3.12. The Kier molecular flexibility index (Phi) is 7.02. The summed E-state index contributed by atoms with van der Waals surface area (Å²) < 4.78 is 11.3. The molecular formula is C14H21NO2S2. The van der Waals surface area contributed by atoms with Gasteiger partial charge in [0.1, 0.15) is 10.2 Å². The maximum absolute atomic E-state index is 12.4. The van der Waals surface area contributed by atoms with Crippen LogP contribution >= 0.6 is 0 Å². The van der Waals surface area contributed by atoms with Gasteiger partial charge in [0.15, 0.2) is 0 Å². The van der Waals surface area contributed by atoms with Crippen LogP contribution in [0.4, 0.5) is 4.79 Å². The van der Waals surface area contributed by atoms with Crippen LogP contribution in [0.15, 0.2) is 30.3 Å². The average molecular weight is 299 g/mol. The molecule has 3 nitrogen and oxygen atoms in total. The van der Waals surface area contributed by atoms with Crippen molar-refractivity contribution in [2.45, 2.75) is 39.0 Å². The Hall–Kier alpha value is -0.940. The van der Waals surface area contributed by atoms with Crippen LogP contribution in [-0.2, 0) is 25.4 Å². The monoisotopic (exact) mass is 299 g/mol. The van der Waals surface area contributed by atoms with Gasteiger partial charge in [-0.25, -0.2) is 4.21 Å². The molecule has 0 aliphatic carbocycles. The molecule has 0 heterocycles. The molecule has 1 amide bonds. The Labute approximate surface area is 120 Å². The molecule has 1 rings (SSSR count). The molecule has 1 aromatic rings. The largest absolute Gasteiger partial charge is 0.331 e. The van der Waals surface area contributed by atoms with Crippen LogP contribution in [-0.4, -0.2) is 26.9 Å². The zero-order chi connectivity index (χ0) is 14.3. The Morgan fingerprint density at radius 1 is 1.32 bits per heavy atom. The molecule has 0 N–H and O–H groups in total. The van der Waals surface area contributed by atoms with E-state index < -0.39 is 9.45 Å². The van der Waals surface area contributed by atoms with Crippen molar-refractivity contribution in [3.8, 4) is 0 Å². The third-order valence-corrected chi connectivity index (χ3v) is 5.77. The molecule has 0 saturated carbocycles. The minimum Gasteiger partial charge on any atom is -0.331 e. The second kappa shape index (κ2) is 8.27. The minimum atomic E-state index is -0.831. The zero-order valence-corrected chi connectivity index (χ0v) is 13.3. The molecule has 0 bridgehead atoms. The van der Waals surface area contributed by atoms with Crippen LogP contribution in [0.5, 0.6) is 0 Å². The SMILES string of the molecule is CCC(C)N(CC)C(=O)S(Cc1ccccc1)=S=O. The molecule has 5 heteroatoms. The summed E-state index contributed by atoms with van der Waals surface area (Å²) in [4.78, 5) is 14.2. The zero-order valence-electron chi connectivity index (χ0n) is 11.7. The Morgan fingerprint density at radius 3 is 2.42 bits per heavy atom. The van der Waals surface area contributed by atoms with Gasteiger partial charge >= 0.3 is 0 Å². The van der Waals surface area contributed by atoms with E-state index in [4.69, 9.17) is 0 Å². The lowest BCUT2D eigenvalue weighted by atomic mass is 10.2. The van der Waals surface area contributed by atoms with E-state index in [0.29, 0.717) is 22.5 Å². The Bertz CT molecular complexity index is 470. The molecule has 0 spiro atoms. The van der Waals surface area contributed by atoms with Gasteiger partial charge in [-0.1, -0.05) is 37.3 Å². The van der Waals surface area contributed by atoms with Crippen molar-refractivity contribution in [3.63, 3.8) is 0 Å². The van der Waals surface area contributed by atoms with Crippen LogP contribution in [0.3, 0.4) is 0 Å². The molecule has 2 unspecified atom stereocenters. The number of rotatable bonds is 5. The highest BCUT2D eigenvalue weighted by Gasteiger charge is 2.21. The maximum atomic E-state index is 12.4. The Morgan fingerprint density at radius 2 is 1.95 bits per heavy atom. The van der Waals surface area contributed by atoms with E-state index >= 15 is 0 Å². The topological polar surface area (TPSA) is 37.4 Å². The number of benzene rings is 1. The van der Waals surface area contributed by atoms with Gasteiger partial charge in [0.05, 0.1) is 0 Å². The lowest BCUT2D eigenvalue weighted by Crippen LogP contribution is -2.39. The average Bonchev–Trinajstić information content (AvgIpc) is 2.46. The number of hydrogen-bond acceptors (Lipinski definition) is 2. The quantitative estimate of drug-likeness (QED) is 0.837. The fourth-order valence-corrected chi connectivity index (χ4v) is 4.12. The molecule has 0 aromatic heterocycles. The molecule has 19 heavy (non-hydrogen) atoms. The molecule has 0 saturated heterocycles. The predicted molar refractivity (Wildman–Crippen MR) is 83.2 cm³/mol. The smallest absolute Gasteiger partial charge is 0.288 e. The molecule has 0 aliphatic heterocycles. The van der Waals surface area contributed by atoms with Crippen LogP contribution in [0.25, 0.3) is 0 Å². The van der Waals surface area contributed by atoms with E-state index in [2.05, 4.69) is 6.92 Å². The normalized spacial score (nSPS) is 13.6. The van der Waals surface area contributed by atoms with Crippen molar-refractivity contribution in [2.24, 2.45) is 0 Å². The van der Waals surface area contributed by atoms with Gasteiger partial charge in [-0.2, -0.15) is 0 Å². The van der Waals surface area contributed by atoms with Crippen LogP contribution < -0.4 is 0 Å². The van der Waals surface area contributed by atoms with Gasteiger partial charge in [0.25, 0.3) is 5.24 Å². The first-order valence-corrected chi connectivity index (χ1v) is 9.14. The highest BCUT2D eigenvalue weighted by atomic mass is 32.8. The van der Waals surface area contributed by atoms with Crippen molar-refractivity contribution < 1.29 is 9.00 Å². The highest BCUT2D eigenvalue weighted by molar-refractivity contribution is 8.38. The van der Waals surface area contributed by atoms with Crippen molar-refractivity contribution in [3.05, 3.63) is 35.9 Å². The summed E-state index contributed by atoms with van der Waals surface area (Å²) in [6.45, 7) is 6.71. The van der Waals surface area contributed by atoms with Crippen molar-refractivity contribution >= 4 is 24.9 Å². The van der Waals surface area contributed by atoms with Gasteiger partial charge in [0.2, 0.25) is 0 Å². The van der Waals surface area contributed by atoms with Crippen LogP contribution in [0.2, 0.25) is 0 Å². The van der Waals surface area contributed by atoms with Crippen molar-refractivity contribution in [1.29, 1.82) is 0 Å². The summed E-state index contributed by atoms with van der Waals surface area (Å²) in [6, 6.07) is 9.92. The number of carbonyl (C=O) groups is 1. The lowest BCUT2D eigenvalue weighted by Gasteiger charge is -2.27. The number of amides is 1. The van der Waals surface area contributed by atoms with Crippen molar-refractivity contribution in [1.82, 2.24) is 4.90 Å². The van der Waals surface area contributed by atoms with Gasteiger partial charge < -0.3 is 4.90 Å². The van der Waals surface area contributed by atoms with Gasteiger partial charge in [-0.15, -0.1) is 0 Å². The van der Waals surface area contributed by atoms with E-state index in [1.54, 1.807) is 0 Å². The molecule has 2 atom stereocenters. The summed E-state index contributed by atoms with van der Waals surface area (Å²) in [5.74, 6) is 0.529. The summed E-state index contributed by atoms with van der Waals surface area (Å²) in [5, 5.41) is -0.0132. The Balaban J connectivity index is 2.86. The lowest BCUT2D eigenvalue weighted by molar-refractivity contribution is 0.206. The molecule has 0 aliphatic rings. The summed E-state index contributed by atoms with van der Waals surface area (Å²) >= 11 is 0. The molecule has 0 radical (unpaired) electrons. The molecule has 106 valence electrons. The maximum Gasteiger partial charge on any atom is 0.288 e. The number of nitrogens with zero attached hydrogens (tertiary/aromatic N) is 1. The fourth-order valence-electron chi connectivity index (χ4n) is 1.81. The first-order valence-electron chi connectivity index (χ1n) is 6.49. The van der Waals surface area contributed by atoms with E-state index in [9.17, 15) is 9.00 Å². The first kappa shape index (κ1) is 16.1. The second-order valence-corrected chi connectivity index (χ2v) is 7.43. The molecular weight excluding hydrogens is 278 g/mol. The number of hydrogen-bond donors (Lipinski definition) is 0. The van der Waals surface area contributed by atoms with Crippen LogP contribution in [0.1, 0.15) is 32.8 Å². The van der Waals surface area contributed by atoms with Gasteiger partial charge in [0, 0.05) is 27.8 Å². The second-order valence-electron chi connectivity index (χ2n) is 4.35. The standard InChI is InChI=1S/C14H21NO2S2/c1-4-12(3)15(5-2)14(16)19(18-17)11-13-9-7-6-8-10-13/h6-10,12H,4-5,11H2,1-3H3. The van der Waals surface area contributed by atoms with E-state index in [1.165, 1.54) is 0 Å². The fraction of sp³-hybridized carbons (Fsp3) is 0.500. The highest BCUT2D eigenvalue weighted by Crippen LogP contribution is 2.11. The molecule has 0 fully saturated rings. The van der Waals surface area contributed by atoms with Crippen molar-refractivity contribution in [2.75, 3.05) is 6.54 Å². The minimum absolute atomic E-state index is 0.0132. The summed E-state index contributed by atoms with van der Waals surface area (Å²) in [6.07, 6.45) is 0.908. The predicted octanol–water partition coefficient (Wildman–Crippen LogP) is 3.17. The van der Waals surface area contributed by atoms with E-state index in [1.807, 2.05) is 49.1 Å². The first-order chi connectivity index (χ1) is 9.13. The third kappa shape index (κ3) is 4.58. The van der Waals surface area contributed by atoms with Gasteiger partial charge in [-0.05, 0) is 25.8 Å². The molecule has 1 aromatic carbocycles. The van der Waals surface area contributed by atoms with E-state index in [0.717, 1.165) is 12.0 Å². The summed E-state index contributed by atoms with van der Waals surface area (Å²) in [5.41, 5.74) is 1.04. The van der Waals surface area contributed by atoms with Gasteiger partial charge in [-0.3, -0.25) is 4.79 Å². The summed E-state index contributed by atoms with van der Waals surface area (Å²) in [7, 11) is -0.400. The van der Waals surface area contributed by atoms with Crippen LogP contribution in [0, 0.1) is 0 Å². The number of carbonyl (C=O) groups excluding carboxylic acids is 1. The van der Waals surface area contributed by atoms with E-state index in [-0.39, 0.29) is 11.3 Å².